The zero-order chi connectivity index (χ0) is 18.8. The van der Waals surface area contributed by atoms with Crippen molar-refractivity contribution in [2.24, 2.45) is 5.92 Å². The summed E-state index contributed by atoms with van der Waals surface area (Å²) in [5, 5.41) is 20.2. The first-order chi connectivity index (χ1) is 12.4. The summed E-state index contributed by atoms with van der Waals surface area (Å²) in [7, 11) is 1.47. The summed E-state index contributed by atoms with van der Waals surface area (Å²) in [5.74, 6) is -2.19. The van der Waals surface area contributed by atoms with Gasteiger partial charge in [0.25, 0.3) is 5.91 Å². The van der Waals surface area contributed by atoms with Crippen molar-refractivity contribution >= 4 is 23.5 Å². The zero-order valence-corrected chi connectivity index (χ0v) is 14.8. The third-order valence-electron chi connectivity index (χ3n) is 4.66. The number of carboxylic acid groups (broad SMARTS) is 1. The number of likely N-dealkylation sites (tertiary alicyclic amines) is 1. The van der Waals surface area contributed by atoms with Gasteiger partial charge in [-0.2, -0.15) is 0 Å². The van der Waals surface area contributed by atoms with Crippen LogP contribution in [-0.4, -0.2) is 47.2 Å². The average molecular weight is 376 g/mol. The summed E-state index contributed by atoms with van der Waals surface area (Å²) in [4.78, 5) is 26.0. The Labute approximate surface area is 155 Å². The summed E-state index contributed by atoms with van der Waals surface area (Å²) in [5.41, 5.74) is 0.900. The van der Waals surface area contributed by atoms with Crippen molar-refractivity contribution < 1.29 is 24.5 Å². The van der Waals surface area contributed by atoms with Gasteiger partial charge in [-0.25, -0.2) is 0 Å². The van der Waals surface area contributed by atoms with Crippen molar-refractivity contribution in [1.29, 1.82) is 0 Å². The maximum Gasteiger partial charge on any atom is 0.308 e. The number of carboxylic acids is 1. The van der Waals surface area contributed by atoms with E-state index >= 15 is 0 Å². The summed E-state index contributed by atoms with van der Waals surface area (Å²) in [6, 6.07) is 11.3. The molecule has 2 atom stereocenters. The van der Waals surface area contributed by atoms with Gasteiger partial charge >= 0.3 is 5.97 Å². The molecule has 1 aliphatic heterocycles. The number of carbonyl (C=O) groups excluding carboxylic acids is 1. The van der Waals surface area contributed by atoms with Gasteiger partial charge < -0.3 is 19.8 Å². The molecule has 7 heteroatoms. The molecule has 0 saturated carbocycles. The highest BCUT2D eigenvalue weighted by Gasteiger charge is 2.41. The molecule has 1 heterocycles. The minimum Gasteiger partial charge on any atom is -0.507 e. The van der Waals surface area contributed by atoms with Crippen LogP contribution in [0.25, 0.3) is 0 Å². The van der Waals surface area contributed by atoms with Gasteiger partial charge in [0.05, 0.1) is 18.6 Å². The van der Waals surface area contributed by atoms with Gasteiger partial charge in [0.2, 0.25) is 0 Å². The lowest BCUT2D eigenvalue weighted by Crippen LogP contribution is -2.30. The van der Waals surface area contributed by atoms with Gasteiger partial charge in [0.1, 0.15) is 11.5 Å². The van der Waals surface area contributed by atoms with Crippen molar-refractivity contribution in [1.82, 2.24) is 4.90 Å². The molecule has 6 nitrogen and oxygen atoms in total. The number of aliphatic carboxylic acids is 1. The second kappa shape index (κ2) is 7.25. The largest absolute Gasteiger partial charge is 0.507 e. The number of nitrogens with zero attached hydrogens (tertiary/aromatic N) is 1. The Morgan fingerprint density at radius 2 is 1.85 bits per heavy atom. The molecule has 1 amide bonds. The fraction of sp³-hybridized carbons (Fsp3) is 0.263. The van der Waals surface area contributed by atoms with E-state index in [-0.39, 0.29) is 30.3 Å². The smallest absolute Gasteiger partial charge is 0.308 e. The van der Waals surface area contributed by atoms with Gasteiger partial charge in [-0.15, -0.1) is 0 Å². The Morgan fingerprint density at radius 1 is 1.15 bits per heavy atom. The van der Waals surface area contributed by atoms with E-state index < -0.39 is 17.8 Å². The van der Waals surface area contributed by atoms with E-state index in [1.165, 1.54) is 24.1 Å². The molecule has 26 heavy (non-hydrogen) atoms. The van der Waals surface area contributed by atoms with Crippen LogP contribution in [0.3, 0.4) is 0 Å². The third-order valence-corrected chi connectivity index (χ3v) is 4.91. The molecule has 0 aromatic heterocycles. The third kappa shape index (κ3) is 3.46. The predicted octanol–water partition coefficient (Wildman–Crippen LogP) is 2.99. The molecular formula is C19H18ClNO5. The molecule has 136 valence electrons. The summed E-state index contributed by atoms with van der Waals surface area (Å²) < 4.78 is 5.10. The van der Waals surface area contributed by atoms with Crippen LogP contribution in [0.5, 0.6) is 11.5 Å². The highest BCUT2D eigenvalue weighted by molar-refractivity contribution is 6.30. The number of benzene rings is 2. The van der Waals surface area contributed by atoms with E-state index in [9.17, 15) is 19.8 Å². The predicted molar refractivity (Wildman–Crippen MR) is 95.9 cm³/mol. The highest BCUT2D eigenvalue weighted by Crippen LogP contribution is 2.35. The first-order valence-electron chi connectivity index (χ1n) is 8.05. The fourth-order valence-electron chi connectivity index (χ4n) is 3.25. The van der Waals surface area contributed by atoms with Crippen LogP contribution < -0.4 is 4.74 Å². The van der Waals surface area contributed by atoms with E-state index in [4.69, 9.17) is 16.3 Å². The maximum atomic E-state index is 12.8. The van der Waals surface area contributed by atoms with Gasteiger partial charge in [-0.1, -0.05) is 23.7 Å². The van der Waals surface area contributed by atoms with E-state index in [0.29, 0.717) is 10.8 Å². The van der Waals surface area contributed by atoms with Crippen LogP contribution in [0, 0.1) is 5.92 Å². The van der Waals surface area contributed by atoms with Crippen LogP contribution in [0.4, 0.5) is 0 Å². The summed E-state index contributed by atoms with van der Waals surface area (Å²) in [6.45, 7) is 0.312. The van der Waals surface area contributed by atoms with Gasteiger partial charge in [0, 0.05) is 24.0 Å². The Morgan fingerprint density at radius 3 is 2.46 bits per heavy atom. The Kier molecular flexibility index (Phi) is 5.04. The molecule has 0 bridgehead atoms. The Hall–Kier alpha value is -2.73. The molecule has 2 N–H and O–H groups in total. The quantitative estimate of drug-likeness (QED) is 0.857. The van der Waals surface area contributed by atoms with Crippen molar-refractivity contribution in [3.05, 3.63) is 58.6 Å². The molecule has 0 radical (unpaired) electrons. The number of ether oxygens (including phenoxy) is 1. The van der Waals surface area contributed by atoms with E-state index in [0.717, 1.165) is 5.56 Å². The zero-order valence-electron chi connectivity index (χ0n) is 14.1. The van der Waals surface area contributed by atoms with Gasteiger partial charge in [-0.3, -0.25) is 9.59 Å². The first kappa shape index (κ1) is 18.1. The van der Waals surface area contributed by atoms with Crippen molar-refractivity contribution in [2.75, 3.05) is 20.2 Å². The average Bonchev–Trinajstić information content (AvgIpc) is 3.08. The van der Waals surface area contributed by atoms with Gasteiger partial charge in [0.15, 0.2) is 0 Å². The maximum absolute atomic E-state index is 12.8. The molecule has 2 aromatic rings. The first-order valence-corrected chi connectivity index (χ1v) is 8.43. The fourth-order valence-corrected chi connectivity index (χ4v) is 3.38. The number of hydrogen-bond acceptors (Lipinski definition) is 4. The standard InChI is InChI=1S/C19H18ClNO5/c1-26-13-6-7-17(22)14(8-13)18(23)21-9-15(16(10-21)19(24)25)11-2-4-12(20)5-3-11/h2-8,15-16,22H,9-10H2,1H3,(H,24,25)/t15-,16+/m0/s1. The Bertz CT molecular complexity index is 836. The number of carbonyl (C=O) groups is 2. The normalized spacial score (nSPS) is 19.4. The van der Waals surface area contributed by atoms with Crippen molar-refractivity contribution in [2.45, 2.75) is 5.92 Å². The van der Waals surface area contributed by atoms with Crippen LogP contribution in [0.15, 0.2) is 42.5 Å². The number of aromatic hydroxyl groups is 1. The number of phenols is 1. The molecule has 2 aromatic carbocycles. The van der Waals surface area contributed by atoms with E-state index in [1.54, 1.807) is 30.3 Å². The van der Waals surface area contributed by atoms with Crippen molar-refractivity contribution in [3.8, 4) is 11.5 Å². The van der Waals surface area contributed by atoms with Crippen LogP contribution in [0.2, 0.25) is 5.02 Å². The van der Waals surface area contributed by atoms with Crippen LogP contribution in [-0.2, 0) is 4.79 Å². The summed E-state index contributed by atoms with van der Waals surface area (Å²) >= 11 is 5.90. The Balaban J connectivity index is 1.89. The van der Waals surface area contributed by atoms with Crippen LogP contribution >= 0.6 is 11.6 Å². The van der Waals surface area contributed by atoms with Crippen LogP contribution in [0.1, 0.15) is 21.8 Å². The number of hydrogen-bond donors (Lipinski definition) is 2. The van der Waals surface area contributed by atoms with E-state index in [1.807, 2.05) is 0 Å². The highest BCUT2D eigenvalue weighted by atomic mass is 35.5. The second-order valence-electron chi connectivity index (χ2n) is 6.20. The molecule has 0 unspecified atom stereocenters. The molecule has 1 fully saturated rings. The number of halogens is 1. The molecule has 3 rings (SSSR count). The minimum absolute atomic E-state index is 0.0676. The lowest BCUT2D eigenvalue weighted by Gasteiger charge is -2.17. The number of methoxy groups -OCH3 is 1. The topological polar surface area (TPSA) is 87.1 Å². The molecule has 1 aliphatic rings. The second-order valence-corrected chi connectivity index (χ2v) is 6.63. The van der Waals surface area contributed by atoms with Crippen molar-refractivity contribution in [3.63, 3.8) is 0 Å². The molecule has 0 spiro atoms. The molecule has 0 aliphatic carbocycles. The number of phenolic OH excluding ortho intramolecular Hbond substituents is 1. The lowest BCUT2D eigenvalue weighted by molar-refractivity contribution is -0.141. The molecular weight excluding hydrogens is 358 g/mol. The minimum atomic E-state index is -0.963. The SMILES string of the molecule is COc1ccc(O)c(C(=O)N2C[C@@H](C(=O)O)[C@H](c3ccc(Cl)cc3)C2)c1. The van der Waals surface area contributed by atoms with E-state index in [2.05, 4.69) is 0 Å². The van der Waals surface area contributed by atoms with Gasteiger partial charge in [-0.05, 0) is 35.9 Å². The monoisotopic (exact) mass is 375 g/mol. The number of amides is 1. The number of rotatable bonds is 4. The molecule has 1 saturated heterocycles. The lowest BCUT2D eigenvalue weighted by atomic mass is 9.89. The summed E-state index contributed by atoms with van der Waals surface area (Å²) in [6.07, 6.45) is 0.